The first-order chi connectivity index (χ1) is 12.5. The summed E-state index contributed by atoms with van der Waals surface area (Å²) in [6.07, 6.45) is 3.36. The smallest absolute Gasteiger partial charge is 0.272 e. The predicted molar refractivity (Wildman–Crippen MR) is 104 cm³/mol. The average molecular weight is 352 g/mol. The van der Waals surface area contributed by atoms with Crippen LogP contribution in [0.15, 0.2) is 36.4 Å². The van der Waals surface area contributed by atoms with Crippen LogP contribution in [0.1, 0.15) is 55.0 Å². The lowest BCUT2D eigenvalue weighted by Crippen LogP contribution is -2.37. The normalized spacial score (nSPS) is 14.5. The highest BCUT2D eigenvalue weighted by atomic mass is 16.2. The van der Waals surface area contributed by atoms with E-state index < -0.39 is 0 Å². The molecule has 0 unspecified atom stereocenters. The Morgan fingerprint density at radius 2 is 1.81 bits per heavy atom. The molecule has 3 rings (SSSR count). The molecule has 0 saturated carbocycles. The highest BCUT2D eigenvalue weighted by Gasteiger charge is 2.22. The first kappa shape index (κ1) is 18.4. The number of hydrogen-bond acceptors (Lipinski definition) is 4. The minimum atomic E-state index is 0.0277. The summed E-state index contributed by atoms with van der Waals surface area (Å²) >= 11 is 0. The number of aryl methyl sites for hydroxylation is 1. The molecule has 1 aliphatic heterocycles. The van der Waals surface area contributed by atoms with Gasteiger partial charge in [-0.3, -0.25) is 4.79 Å². The molecule has 1 aromatic carbocycles. The van der Waals surface area contributed by atoms with Gasteiger partial charge < -0.3 is 9.80 Å². The van der Waals surface area contributed by atoms with Crippen molar-refractivity contribution in [3.8, 4) is 0 Å². The summed E-state index contributed by atoms with van der Waals surface area (Å²) in [4.78, 5) is 26.1. The number of benzene rings is 1. The number of hydrogen-bond donors (Lipinski definition) is 0. The zero-order valence-electron chi connectivity index (χ0n) is 16.0. The van der Waals surface area contributed by atoms with Crippen LogP contribution in [0.4, 0.5) is 5.82 Å². The maximum Gasteiger partial charge on any atom is 0.272 e. The minimum absolute atomic E-state index is 0.0277. The summed E-state index contributed by atoms with van der Waals surface area (Å²) in [5, 5.41) is 0. The van der Waals surface area contributed by atoms with Crippen molar-refractivity contribution in [1.82, 2.24) is 14.9 Å². The van der Waals surface area contributed by atoms with Crippen molar-refractivity contribution in [3.63, 3.8) is 0 Å². The van der Waals surface area contributed by atoms with Gasteiger partial charge in [0.1, 0.15) is 17.3 Å². The zero-order chi connectivity index (χ0) is 18.5. The monoisotopic (exact) mass is 352 g/mol. The van der Waals surface area contributed by atoms with E-state index in [0.717, 1.165) is 38.3 Å². The summed E-state index contributed by atoms with van der Waals surface area (Å²) in [5.74, 6) is 1.48. The van der Waals surface area contributed by atoms with E-state index in [1.807, 2.05) is 36.1 Å². The van der Waals surface area contributed by atoms with Crippen LogP contribution in [0.2, 0.25) is 0 Å². The Balaban J connectivity index is 1.87. The molecule has 1 aromatic heterocycles. The van der Waals surface area contributed by atoms with Crippen LogP contribution in [0.3, 0.4) is 0 Å². The maximum absolute atomic E-state index is 12.9. The van der Waals surface area contributed by atoms with E-state index in [1.54, 1.807) is 0 Å². The van der Waals surface area contributed by atoms with Crippen molar-refractivity contribution in [2.75, 3.05) is 18.0 Å². The Morgan fingerprint density at radius 1 is 1.12 bits per heavy atom. The molecule has 1 aliphatic rings. The molecule has 5 nitrogen and oxygen atoms in total. The van der Waals surface area contributed by atoms with E-state index in [4.69, 9.17) is 0 Å². The van der Waals surface area contributed by atoms with Gasteiger partial charge in [-0.2, -0.15) is 0 Å². The third kappa shape index (κ3) is 4.40. The van der Waals surface area contributed by atoms with Crippen molar-refractivity contribution in [3.05, 3.63) is 53.5 Å². The number of anilines is 1. The number of carbonyl (C=O) groups is 1. The standard InChI is InChI=1S/C21H28N4O/c1-16(2)25(15-18-10-6-4-7-11-18)20-14-19(22-17(3)23-20)21(26)24-12-8-5-9-13-24/h4,6-7,10-11,14,16H,5,8-9,12-13,15H2,1-3H3. The lowest BCUT2D eigenvalue weighted by Gasteiger charge is -2.29. The molecule has 2 aromatic rings. The summed E-state index contributed by atoms with van der Waals surface area (Å²) < 4.78 is 0. The molecule has 0 aliphatic carbocycles. The van der Waals surface area contributed by atoms with Gasteiger partial charge in [0.2, 0.25) is 0 Å². The van der Waals surface area contributed by atoms with Crippen LogP contribution in [0.5, 0.6) is 0 Å². The Kier molecular flexibility index (Phi) is 5.86. The second-order valence-corrected chi connectivity index (χ2v) is 7.22. The highest BCUT2D eigenvalue weighted by Crippen LogP contribution is 2.21. The van der Waals surface area contributed by atoms with Gasteiger partial charge in [0.15, 0.2) is 0 Å². The third-order valence-corrected chi connectivity index (χ3v) is 4.80. The third-order valence-electron chi connectivity index (χ3n) is 4.80. The van der Waals surface area contributed by atoms with E-state index in [-0.39, 0.29) is 11.9 Å². The highest BCUT2D eigenvalue weighted by molar-refractivity contribution is 5.93. The van der Waals surface area contributed by atoms with E-state index in [1.165, 1.54) is 12.0 Å². The SMILES string of the molecule is Cc1nc(C(=O)N2CCCCC2)cc(N(Cc2ccccc2)C(C)C)n1. The quantitative estimate of drug-likeness (QED) is 0.821. The van der Waals surface area contributed by atoms with Crippen LogP contribution >= 0.6 is 0 Å². The molecule has 0 atom stereocenters. The molecule has 0 bridgehead atoms. The lowest BCUT2D eigenvalue weighted by molar-refractivity contribution is 0.0718. The average Bonchev–Trinajstić information content (AvgIpc) is 2.66. The molecule has 1 fully saturated rings. The van der Waals surface area contributed by atoms with E-state index in [0.29, 0.717) is 11.5 Å². The zero-order valence-corrected chi connectivity index (χ0v) is 16.0. The van der Waals surface area contributed by atoms with Gasteiger partial charge in [-0.1, -0.05) is 30.3 Å². The number of piperidine rings is 1. The maximum atomic E-state index is 12.9. The van der Waals surface area contributed by atoms with Crippen LogP contribution in [0, 0.1) is 6.92 Å². The van der Waals surface area contributed by atoms with Gasteiger partial charge in [0, 0.05) is 31.7 Å². The van der Waals surface area contributed by atoms with Gasteiger partial charge in [0.25, 0.3) is 5.91 Å². The predicted octanol–water partition coefficient (Wildman–Crippen LogP) is 3.83. The minimum Gasteiger partial charge on any atom is -0.350 e. The molecule has 0 radical (unpaired) electrons. The first-order valence-corrected chi connectivity index (χ1v) is 9.50. The van der Waals surface area contributed by atoms with Gasteiger partial charge in [0.05, 0.1) is 0 Å². The van der Waals surface area contributed by atoms with Crippen molar-refractivity contribution >= 4 is 11.7 Å². The van der Waals surface area contributed by atoms with Crippen molar-refractivity contribution in [1.29, 1.82) is 0 Å². The summed E-state index contributed by atoms with van der Waals surface area (Å²) in [6.45, 7) is 8.56. The fourth-order valence-electron chi connectivity index (χ4n) is 3.38. The summed E-state index contributed by atoms with van der Waals surface area (Å²) in [5.41, 5.74) is 1.73. The van der Waals surface area contributed by atoms with Crippen molar-refractivity contribution < 1.29 is 4.79 Å². The Bertz CT molecular complexity index is 739. The molecule has 26 heavy (non-hydrogen) atoms. The number of carbonyl (C=O) groups excluding carboxylic acids is 1. The Hall–Kier alpha value is -2.43. The summed E-state index contributed by atoms with van der Waals surface area (Å²) in [6, 6.07) is 12.5. The summed E-state index contributed by atoms with van der Waals surface area (Å²) in [7, 11) is 0. The van der Waals surface area contributed by atoms with E-state index in [9.17, 15) is 4.79 Å². The van der Waals surface area contributed by atoms with Crippen LogP contribution < -0.4 is 4.90 Å². The molecule has 0 spiro atoms. The van der Waals surface area contributed by atoms with Crippen LogP contribution in [-0.4, -0.2) is 39.9 Å². The molecule has 2 heterocycles. The fourth-order valence-corrected chi connectivity index (χ4v) is 3.38. The molecule has 0 N–H and O–H groups in total. The van der Waals surface area contributed by atoms with Crippen LogP contribution in [-0.2, 0) is 6.54 Å². The molecular formula is C21H28N4O. The number of nitrogens with zero attached hydrogens (tertiary/aromatic N) is 4. The van der Waals surface area contributed by atoms with E-state index >= 15 is 0 Å². The van der Waals surface area contributed by atoms with Gasteiger partial charge >= 0.3 is 0 Å². The Labute approximate surface area is 156 Å². The van der Waals surface area contributed by atoms with Gasteiger partial charge in [-0.05, 0) is 45.6 Å². The Morgan fingerprint density at radius 3 is 2.46 bits per heavy atom. The molecule has 5 heteroatoms. The number of amides is 1. The second-order valence-electron chi connectivity index (χ2n) is 7.22. The van der Waals surface area contributed by atoms with Gasteiger partial charge in [-0.25, -0.2) is 9.97 Å². The fraction of sp³-hybridized carbons (Fsp3) is 0.476. The topological polar surface area (TPSA) is 49.3 Å². The molecule has 1 amide bonds. The van der Waals surface area contributed by atoms with Crippen molar-refractivity contribution in [2.45, 2.75) is 52.6 Å². The molecule has 138 valence electrons. The van der Waals surface area contributed by atoms with Crippen LogP contribution in [0.25, 0.3) is 0 Å². The largest absolute Gasteiger partial charge is 0.350 e. The van der Waals surface area contributed by atoms with Crippen molar-refractivity contribution in [2.24, 2.45) is 0 Å². The lowest BCUT2D eigenvalue weighted by atomic mass is 10.1. The molecular weight excluding hydrogens is 324 g/mol. The van der Waals surface area contributed by atoms with Gasteiger partial charge in [-0.15, -0.1) is 0 Å². The first-order valence-electron chi connectivity index (χ1n) is 9.50. The molecule has 1 saturated heterocycles. The van der Waals surface area contributed by atoms with E-state index in [2.05, 4.69) is 40.8 Å². The number of likely N-dealkylation sites (tertiary alicyclic amines) is 1. The number of aromatic nitrogens is 2. The second kappa shape index (κ2) is 8.30. The number of rotatable bonds is 5.